The van der Waals surface area contributed by atoms with Crippen molar-refractivity contribution in [1.82, 2.24) is 0 Å². The number of ether oxygens (including phenoxy) is 1. The van der Waals surface area contributed by atoms with E-state index in [9.17, 15) is 0 Å². The summed E-state index contributed by atoms with van der Waals surface area (Å²) in [5.41, 5.74) is 5.01. The first kappa shape index (κ1) is 13.8. The molecule has 0 amide bonds. The van der Waals surface area contributed by atoms with Gasteiger partial charge in [-0.05, 0) is 48.1 Å². The summed E-state index contributed by atoms with van der Waals surface area (Å²) in [6, 6.07) is 12.3. The fourth-order valence-electron chi connectivity index (χ4n) is 2.68. The van der Waals surface area contributed by atoms with Crippen LogP contribution >= 0.6 is 23.2 Å². The highest BCUT2D eigenvalue weighted by Gasteiger charge is 2.12. The Balaban J connectivity index is 1.75. The summed E-state index contributed by atoms with van der Waals surface area (Å²) in [7, 11) is 0. The van der Waals surface area contributed by atoms with E-state index in [0.29, 0.717) is 17.5 Å². The van der Waals surface area contributed by atoms with Crippen molar-refractivity contribution >= 4 is 23.2 Å². The Morgan fingerprint density at radius 3 is 2.75 bits per heavy atom. The highest BCUT2D eigenvalue weighted by atomic mass is 35.5. The molecule has 0 aromatic heterocycles. The Hall–Kier alpha value is -1.18. The average Bonchev–Trinajstić information content (AvgIpc) is 2.92. The van der Waals surface area contributed by atoms with Crippen LogP contribution in [0.1, 0.15) is 28.7 Å². The largest absolute Gasteiger partial charge is 0.489 e. The molecule has 0 radical (unpaired) electrons. The SMILES string of the molecule is ClCc1c(Cl)cccc1OCc1ccc2c(c1)CCC2. The van der Waals surface area contributed by atoms with Gasteiger partial charge < -0.3 is 4.74 Å². The first-order valence-electron chi connectivity index (χ1n) is 6.85. The molecule has 1 nitrogen and oxygen atoms in total. The Morgan fingerprint density at radius 1 is 1.05 bits per heavy atom. The highest BCUT2D eigenvalue weighted by Crippen LogP contribution is 2.29. The molecule has 3 rings (SSSR count). The molecule has 0 N–H and O–H groups in total. The molecular formula is C17H16Cl2O. The Labute approximate surface area is 129 Å². The van der Waals surface area contributed by atoms with Crippen molar-refractivity contribution in [2.75, 3.05) is 0 Å². The van der Waals surface area contributed by atoms with Gasteiger partial charge >= 0.3 is 0 Å². The zero-order valence-electron chi connectivity index (χ0n) is 11.2. The first-order chi connectivity index (χ1) is 9.78. The normalized spacial score (nSPS) is 13.3. The molecule has 0 saturated carbocycles. The van der Waals surface area contributed by atoms with E-state index in [2.05, 4.69) is 18.2 Å². The lowest BCUT2D eigenvalue weighted by molar-refractivity contribution is 0.304. The number of alkyl halides is 1. The molecule has 0 spiro atoms. The van der Waals surface area contributed by atoms with Gasteiger partial charge in [0.1, 0.15) is 12.4 Å². The van der Waals surface area contributed by atoms with Crippen LogP contribution in [-0.2, 0) is 25.3 Å². The van der Waals surface area contributed by atoms with Crippen LogP contribution in [0, 0.1) is 0 Å². The lowest BCUT2D eigenvalue weighted by Gasteiger charge is -2.12. The van der Waals surface area contributed by atoms with E-state index in [-0.39, 0.29) is 0 Å². The van der Waals surface area contributed by atoms with Gasteiger partial charge in [-0.25, -0.2) is 0 Å². The summed E-state index contributed by atoms with van der Waals surface area (Å²) < 4.78 is 5.89. The Morgan fingerprint density at radius 2 is 1.90 bits per heavy atom. The second-order valence-electron chi connectivity index (χ2n) is 5.10. The summed E-state index contributed by atoms with van der Waals surface area (Å²) in [4.78, 5) is 0. The number of aryl methyl sites for hydroxylation is 2. The number of fused-ring (bicyclic) bond motifs is 1. The molecule has 1 aliphatic carbocycles. The van der Waals surface area contributed by atoms with E-state index in [1.807, 2.05) is 18.2 Å². The molecule has 0 unspecified atom stereocenters. The predicted molar refractivity (Wildman–Crippen MR) is 83.8 cm³/mol. The lowest BCUT2D eigenvalue weighted by atomic mass is 10.1. The summed E-state index contributed by atoms with van der Waals surface area (Å²) in [5, 5.41) is 0.659. The average molecular weight is 307 g/mol. The van der Waals surface area contributed by atoms with E-state index >= 15 is 0 Å². The van der Waals surface area contributed by atoms with Gasteiger partial charge in [-0.3, -0.25) is 0 Å². The van der Waals surface area contributed by atoms with Gasteiger partial charge in [-0.15, -0.1) is 11.6 Å². The van der Waals surface area contributed by atoms with Crippen LogP contribution in [0.2, 0.25) is 5.02 Å². The quantitative estimate of drug-likeness (QED) is 0.710. The maximum atomic E-state index is 6.12. The number of halogens is 2. The second-order valence-corrected chi connectivity index (χ2v) is 5.77. The van der Waals surface area contributed by atoms with Crippen LogP contribution in [0.15, 0.2) is 36.4 Å². The molecule has 104 valence electrons. The number of hydrogen-bond donors (Lipinski definition) is 0. The van der Waals surface area contributed by atoms with E-state index in [4.69, 9.17) is 27.9 Å². The molecule has 0 saturated heterocycles. The predicted octanol–water partition coefficient (Wildman–Crippen LogP) is 5.15. The molecule has 0 heterocycles. The summed E-state index contributed by atoms with van der Waals surface area (Å²) in [6.45, 7) is 0.553. The zero-order chi connectivity index (χ0) is 13.9. The molecule has 20 heavy (non-hydrogen) atoms. The van der Waals surface area contributed by atoms with Gasteiger partial charge in [0.05, 0.1) is 5.88 Å². The molecular weight excluding hydrogens is 291 g/mol. The van der Waals surface area contributed by atoms with Crippen LogP contribution in [0.25, 0.3) is 0 Å². The molecule has 2 aromatic rings. The smallest absolute Gasteiger partial charge is 0.125 e. The van der Waals surface area contributed by atoms with Crippen molar-refractivity contribution in [3.8, 4) is 5.75 Å². The van der Waals surface area contributed by atoms with Gasteiger partial charge in [0.25, 0.3) is 0 Å². The van der Waals surface area contributed by atoms with Crippen LogP contribution in [-0.4, -0.2) is 0 Å². The number of hydrogen-bond acceptors (Lipinski definition) is 1. The third kappa shape index (κ3) is 2.79. The molecule has 2 aromatic carbocycles. The summed E-state index contributed by atoms with van der Waals surface area (Å²) in [5.74, 6) is 1.13. The zero-order valence-corrected chi connectivity index (χ0v) is 12.7. The van der Waals surface area contributed by atoms with Gasteiger partial charge in [0.15, 0.2) is 0 Å². The van der Waals surface area contributed by atoms with E-state index in [1.165, 1.54) is 36.0 Å². The minimum absolute atomic E-state index is 0.360. The minimum Gasteiger partial charge on any atom is -0.489 e. The van der Waals surface area contributed by atoms with Crippen molar-refractivity contribution in [2.45, 2.75) is 31.7 Å². The van der Waals surface area contributed by atoms with Gasteiger partial charge in [-0.2, -0.15) is 0 Å². The fraction of sp³-hybridized carbons (Fsp3) is 0.294. The van der Waals surface area contributed by atoms with E-state index in [1.54, 1.807) is 0 Å². The van der Waals surface area contributed by atoms with Crippen LogP contribution in [0.4, 0.5) is 0 Å². The van der Waals surface area contributed by atoms with Crippen LogP contribution < -0.4 is 4.74 Å². The third-order valence-corrected chi connectivity index (χ3v) is 4.39. The van der Waals surface area contributed by atoms with Crippen molar-refractivity contribution in [3.05, 3.63) is 63.7 Å². The van der Waals surface area contributed by atoms with Crippen molar-refractivity contribution in [3.63, 3.8) is 0 Å². The first-order valence-corrected chi connectivity index (χ1v) is 7.76. The maximum absolute atomic E-state index is 6.12. The summed E-state index contributed by atoms with van der Waals surface area (Å²) in [6.07, 6.45) is 3.67. The van der Waals surface area contributed by atoms with Gasteiger partial charge in [-0.1, -0.05) is 35.9 Å². The van der Waals surface area contributed by atoms with Crippen molar-refractivity contribution in [1.29, 1.82) is 0 Å². The van der Waals surface area contributed by atoms with Crippen molar-refractivity contribution in [2.24, 2.45) is 0 Å². The lowest BCUT2D eigenvalue weighted by Crippen LogP contribution is -1.99. The second kappa shape index (κ2) is 6.07. The molecule has 0 atom stereocenters. The van der Waals surface area contributed by atoms with E-state index in [0.717, 1.165) is 11.3 Å². The standard InChI is InChI=1S/C17H16Cl2O/c18-10-15-16(19)5-2-6-17(15)20-11-12-7-8-13-3-1-4-14(13)9-12/h2,5-9H,1,3-4,10-11H2. The molecule has 0 bridgehead atoms. The Bertz CT molecular complexity index is 622. The maximum Gasteiger partial charge on any atom is 0.125 e. The van der Waals surface area contributed by atoms with Crippen molar-refractivity contribution < 1.29 is 4.74 Å². The molecule has 0 aliphatic heterocycles. The highest BCUT2D eigenvalue weighted by molar-refractivity contribution is 6.32. The topological polar surface area (TPSA) is 9.23 Å². The van der Waals surface area contributed by atoms with Gasteiger partial charge in [0.2, 0.25) is 0 Å². The van der Waals surface area contributed by atoms with Gasteiger partial charge in [0, 0.05) is 10.6 Å². The molecule has 3 heteroatoms. The Kier molecular flexibility index (Phi) is 4.18. The third-order valence-electron chi connectivity index (χ3n) is 3.77. The molecule has 0 fully saturated rings. The van der Waals surface area contributed by atoms with Crippen LogP contribution in [0.5, 0.6) is 5.75 Å². The van der Waals surface area contributed by atoms with Crippen LogP contribution in [0.3, 0.4) is 0 Å². The number of rotatable bonds is 4. The minimum atomic E-state index is 0.360. The molecule has 1 aliphatic rings. The van der Waals surface area contributed by atoms with E-state index < -0.39 is 0 Å². The fourth-order valence-corrected chi connectivity index (χ4v) is 3.26. The summed E-state index contributed by atoms with van der Waals surface area (Å²) >= 11 is 12.1. The number of benzene rings is 2. The monoisotopic (exact) mass is 306 g/mol.